The van der Waals surface area contributed by atoms with Gasteiger partial charge in [0.05, 0.1) is 5.52 Å². The summed E-state index contributed by atoms with van der Waals surface area (Å²) in [7, 11) is 2.22. The van der Waals surface area contributed by atoms with Crippen LogP contribution in [-0.4, -0.2) is 17.7 Å². The summed E-state index contributed by atoms with van der Waals surface area (Å²) in [6.45, 7) is 4.50. The number of hydrogen-bond donors (Lipinski definition) is 1. The topological polar surface area (TPSA) is 17.0 Å². The third-order valence-electron chi connectivity index (χ3n) is 4.34. The molecule has 2 heterocycles. The van der Waals surface area contributed by atoms with E-state index in [0.717, 1.165) is 19.5 Å². The molecular weight excluding hydrogens is 300 g/mol. The number of nitrogens with zero attached hydrogens (tertiary/aromatic N) is 1. The van der Waals surface area contributed by atoms with E-state index >= 15 is 0 Å². The van der Waals surface area contributed by atoms with Gasteiger partial charge in [-0.1, -0.05) is 25.1 Å². The second-order valence-electron chi connectivity index (χ2n) is 5.47. The fourth-order valence-corrected chi connectivity index (χ4v) is 4.30. The van der Waals surface area contributed by atoms with Crippen molar-refractivity contribution >= 4 is 26.8 Å². The fraction of sp³-hybridized carbons (Fsp3) is 0.500. The molecule has 0 saturated carbocycles. The number of hydrogen-bond acceptors (Lipinski definition) is 1. The number of nitrogens with one attached hydrogen (secondary N) is 1. The molecule has 0 bridgehead atoms. The van der Waals surface area contributed by atoms with Gasteiger partial charge in [0.25, 0.3) is 0 Å². The molecule has 0 spiro atoms. The zero-order valence-electron chi connectivity index (χ0n) is 11.7. The van der Waals surface area contributed by atoms with Gasteiger partial charge < -0.3 is 9.88 Å². The van der Waals surface area contributed by atoms with Crippen molar-refractivity contribution in [1.29, 1.82) is 0 Å². The van der Waals surface area contributed by atoms with Crippen LogP contribution in [0.25, 0.3) is 10.9 Å². The van der Waals surface area contributed by atoms with Crippen molar-refractivity contribution in [2.75, 3.05) is 13.1 Å². The van der Waals surface area contributed by atoms with E-state index in [9.17, 15) is 0 Å². The Morgan fingerprint density at radius 2 is 2.26 bits per heavy atom. The maximum Gasteiger partial charge on any atom is 0.0524 e. The van der Waals surface area contributed by atoms with E-state index in [2.05, 4.69) is 58.0 Å². The molecule has 0 radical (unpaired) electrons. The number of para-hydroxylation sites is 1. The number of piperidine rings is 1. The molecule has 2 aromatic rings. The van der Waals surface area contributed by atoms with E-state index in [1.54, 1.807) is 0 Å². The third-order valence-corrected chi connectivity index (χ3v) is 5.18. The molecule has 2 nitrogen and oxygen atoms in total. The molecule has 0 aliphatic carbocycles. The number of rotatable bonds is 2. The second kappa shape index (κ2) is 5.29. The van der Waals surface area contributed by atoms with Crippen LogP contribution in [0.15, 0.2) is 22.7 Å². The zero-order chi connectivity index (χ0) is 13.4. The molecule has 0 amide bonds. The van der Waals surface area contributed by atoms with Gasteiger partial charge in [-0.3, -0.25) is 0 Å². The smallest absolute Gasteiger partial charge is 0.0524 e. The van der Waals surface area contributed by atoms with Crippen molar-refractivity contribution in [1.82, 2.24) is 9.88 Å². The van der Waals surface area contributed by atoms with Gasteiger partial charge in [-0.2, -0.15) is 0 Å². The van der Waals surface area contributed by atoms with Crippen LogP contribution in [0, 0.1) is 0 Å². The Kier molecular flexibility index (Phi) is 3.68. The molecule has 3 rings (SSSR count). The standard InChI is InChI=1S/C16H21BrN2/c1-3-11-6-4-8-13-14(17)16(19(2)15(11)13)12-7-5-9-18-10-12/h4,6,8,12,18H,3,5,7,9-10H2,1-2H3. The summed E-state index contributed by atoms with van der Waals surface area (Å²) in [5, 5.41) is 4.89. The minimum Gasteiger partial charge on any atom is -0.346 e. The zero-order valence-corrected chi connectivity index (χ0v) is 13.3. The Morgan fingerprint density at radius 3 is 2.95 bits per heavy atom. The molecule has 1 aliphatic heterocycles. The molecule has 1 aromatic heterocycles. The van der Waals surface area contributed by atoms with Crippen molar-refractivity contribution in [3.05, 3.63) is 33.9 Å². The summed E-state index contributed by atoms with van der Waals surface area (Å²) in [5.41, 5.74) is 4.30. The number of fused-ring (bicyclic) bond motifs is 1. The van der Waals surface area contributed by atoms with E-state index in [-0.39, 0.29) is 0 Å². The van der Waals surface area contributed by atoms with Gasteiger partial charge in [-0.15, -0.1) is 0 Å². The maximum absolute atomic E-state index is 3.85. The van der Waals surface area contributed by atoms with Gasteiger partial charge in [0.2, 0.25) is 0 Å². The molecule has 19 heavy (non-hydrogen) atoms. The van der Waals surface area contributed by atoms with Gasteiger partial charge in [0.15, 0.2) is 0 Å². The van der Waals surface area contributed by atoms with E-state index in [1.807, 2.05) is 0 Å². The van der Waals surface area contributed by atoms with Crippen LogP contribution < -0.4 is 5.32 Å². The normalized spacial score (nSPS) is 20.1. The first-order valence-electron chi connectivity index (χ1n) is 7.20. The lowest BCUT2D eigenvalue weighted by Crippen LogP contribution is -2.29. The van der Waals surface area contributed by atoms with Gasteiger partial charge in [0, 0.05) is 35.1 Å². The van der Waals surface area contributed by atoms with E-state index in [4.69, 9.17) is 0 Å². The van der Waals surface area contributed by atoms with Gasteiger partial charge in [-0.05, 0) is 47.3 Å². The Balaban J connectivity index is 2.19. The first-order valence-corrected chi connectivity index (χ1v) is 7.99. The monoisotopic (exact) mass is 320 g/mol. The summed E-state index contributed by atoms with van der Waals surface area (Å²) in [4.78, 5) is 0. The maximum atomic E-state index is 3.85. The van der Waals surface area contributed by atoms with Crippen LogP contribution >= 0.6 is 15.9 Å². The van der Waals surface area contributed by atoms with Crippen molar-refractivity contribution in [2.45, 2.75) is 32.1 Å². The van der Waals surface area contributed by atoms with Crippen LogP contribution in [0.3, 0.4) is 0 Å². The Labute approximate surface area is 123 Å². The van der Waals surface area contributed by atoms with Crippen molar-refractivity contribution in [2.24, 2.45) is 7.05 Å². The average molecular weight is 321 g/mol. The van der Waals surface area contributed by atoms with Crippen molar-refractivity contribution in [3.63, 3.8) is 0 Å². The SMILES string of the molecule is CCc1cccc2c(Br)c(C3CCCNC3)n(C)c12. The quantitative estimate of drug-likeness (QED) is 0.886. The first kappa shape index (κ1) is 13.2. The fourth-order valence-electron chi connectivity index (χ4n) is 3.39. The summed E-state index contributed by atoms with van der Waals surface area (Å²) in [6.07, 6.45) is 3.65. The summed E-state index contributed by atoms with van der Waals surface area (Å²) in [6, 6.07) is 6.66. The summed E-state index contributed by atoms with van der Waals surface area (Å²) in [5.74, 6) is 0.630. The van der Waals surface area contributed by atoms with E-state index in [1.165, 1.54) is 39.5 Å². The highest BCUT2D eigenvalue weighted by Crippen LogP contribution is 2.38. The number of aromatic nitrogens is 1. The number of halogens is 1. The third kappa shape index (κ3) is 2.13. The number of aryl methyl sites for hydroxylation is 2. The first-order chi connectivity index (χ1) is 9.24. The highest BCUT2D eigenvalue weighted by molar-refractivity contribution is 9.10. The molecule has 102 valence electrons. The van der Waals surface area contributed by atoms with E-state index < -0.39 is 0 Å². The Bertz CT molecular complexity index is 594. The van der Waals surface area contributed by atoms with Gasteiger partial charge >= 0.3 is 0 Å². The van der Waals surface area contributed by atoms with Crippen molar-refractivity contribution in [3.8, 4) is 0 Å². The van der Waals surface area contributed by atoms with Crippen LogP contribution in [0.2, 0.25) is 0 Å². The van der Waals surface area contributed by atoms with Crippen LogP contribution in [0.1, 0.15) is 36.9 Å². The molecular formula is C16H21BrN2. The van der Waals surface area contributed by atoms with Crippen molar-refractivity contribution < 1.29 is 0 Å². The molecule has 1 unspecified atom stereocenters. The molecule has 1 aromatic carbocycles. The lowest BCUT2D eigenvalue weighted by atomic mass is 9.96. The molecule has 1 fully saturated rings. The molecule has 1 N–H and O–H groups in total. The van der Waals surface area contributed by atoms with E-state index in [0.29, 0.717) is 5.92 Å². The average Bonchev–Trinajstić information content (AvgIpc) is 2.72. The number of benzene rings is 1. The predicted molar refractivity (Wildman–Crippen MR) is 84.8 cm³/mol. The van der Waals surface area contributed by atoms with Crippen LogP contribution in [0.4, 0.5) is 0 Å². The minimum absolute atomic E-state index is 0.630. The lowest BCUT2D eigenvalue weighted by Gasteiger charge is -2.24. The molecule has 1 aliphatic rings. The molecule has 1 atom stereocenters. The largest absolute Gasteiger partial charge is 0.346 e. The summed E-state index contributed by atoms with van der Waals surface area (Å²) < 4.78 is 3.71. The van der Waals surface area contributed by atoms with Crippen LogP contribution in [-0.2, 0) is 13.5 Å². The van der Waals surface area contributed by atoms with Crippen LogP contribution in [0.5, 0.6) is 0 Å². The Morgan fingerprint density at radius 1 is 1.42 bits per heavy atom. The highest BCUT2D eigenvalue weighted by atomic mass is 79.9. The van der Waals surface area contributed by atoms with Gasteiger partial charge in [-0.25, -0.2) is 0 Å². The highest BCUT2D eigenvalue weighted by Gasteiger charge is 2.23. The predicted octanol–water partition coefficient (Wildman–Crippen LogP) is 3.97. The Hall–Kier alpha value is -0.800. The molecule has 3 heteroatoms. The second-order valence-corrected chi connectivity index (χ2v) is 6.26. The lowest BCUT2D eigenvalue weighted by molar-refractivity contribution is 0.447. The van der Waals surface area contributed by atoms with Gasteiger partial charge in [0.1, 0.15) is 0 Å². The minimum atomic E-state index is 0.630. The molecule has 1 saturated heterocycles. The summed E-state index contributed by atoms with van der Waals surface area (Å²) >= 11 is 3.85.